The van der Waals surface area contributed by atoms with Crippen LogP contribution in [0.3, 0.4) is 0 Å². The van der Waals surface area contributed by atoms with Crippen molar-refractivity contribution >= 4 is 34.8 Å². The number of halogens is 3. The van der Waals surface area contributed by atoms with E-state index in [1.807, 2.05) is 30.3 Å². The second kappa shape index (κ2) is 4.54. The molecule has 2 rings (SSSR count). The van der Waals surface area contributed by atoms with Crippen molar-refractivity contribution in [1.82, 2.24) is 0 Å². The van der Waals surface area contributed by atoms with Crippen molar-refractivity contribution in [2.24, 2.45) is 0 Å². The van der Waals surface area contributed by atoms with Gasteiger partial charge in [-0.15, -0.1) is 0 Å². The van der Waals surface area contributed by atoms with Gasteiger partial charge in [0, 0.05) is 5.56 Å². The molecular weight excluding hydrogens is 266 g/mol. The average molecular weight is 274 g/mol. The van der Waals surface area contributed by atoms with Gasteiger partial charge in [0.25, 0.3) is 0 Å². The highest BCUT2D eigenvalue weighted by atomic mass is 35.5. The first-order valence-electron chi connectivity index (χ1n) is 4.53. The third kappa shape index (κ3) is 1.99. The van der Waals surface area contributed by atoms with Crippen molar-refractivity contribution < 1.29 is 5.11 Å². The molecule has 1 N–H and O–H groups in total. The van der Waals surface area contributed by atoms with Crippen LogP contribution in [0.15, 0.2) is 36.4 Å². The molecule has 2 aromatic carbocycles. The first-order chi connectivity index (χ1) is 7.61. The lowest BCUT2D eigenvalue weighted by Crippen LogP contribution is -1.83. The minimum Gasteiger partial charge on any atom is -0.506 e. The van der Waals surface area contributed by atoms with Crippen molar-refractivity contribution in [3.05, 3.63) is 51.5 Å². The van der Waals surface area contributed by atoms with Gasteiger partial charge in [0.05, 0.1) is 10.0 Å². The molecular formula is C12H7Cl3O. The van der Waals surface area contributed by atoms with Crippen molar-refractivity contribution in [3.8, 4) is 16.9 Å². The molecule has 16 heavy (non-hydrogen) atoms. The van der Waals surface area contributed by atoms with Crippen LogP contribution >= 0.6 is 34.8 Å². The lowest BCUT2D eigenvalue weighted by atomic mass is 10.0. The van der Waals surface area contributed by atoms with Gasteiger partial charge in [0.1, 0.15) is 10.8 Å². The maximum absolute atomic E-state index is 9.91. The van der Waals surface area contributed by atoms with E-state index in [9.17, 15) is 5.11 Å². The normalized spacial score (nSPS) is 10.4. The maximum Gasteiger partial charge on any atom is 0.145 e. The lowest BCUT2D eigenvalue weighted by molar-refractivity contribution is 0.477. The Balaban J connectivity index is 2.71. The van der Waals surface area contributed by atoms with E-state index >= 15 is 0 Å². The molecule has 2 aromatic rings. The molecule has 82 valence electrons. The molecule has 0 heterocycles. The van der Waals surface area contributed by atoms with Crippen LogP contribution in [0, 0.1) is 0 Å². The Bertz CT molecular complexity index is 524. The van der Waals surface area contributed by atoms with Gasteiger partial charge in [-0.2, -0.15) is 0 Å². The summed E-state index contributed by atoms with van der Waals surface area (Å²) >= 11 is 17.7. The first-order valence-corrected chi connectivity index (χ1v) is 5.66. The van der Waals surface area contributed by atoms with Crippen molar-refractivity contribution in [2.75, 3.05) is 0 Å². The van der Waals surface area contributed by atoms with E-state index in [-0.39, 0.29) is 15.8 Å². The number of aromatic hydroxyl groups is 1. The Hall–Kier alpha value is -0.890. The van der Waals surface area contributed by atoms with E-state index in [0.29, 0.717) is 10.6 Å². The predicted molar refractivity (Wildman–Crippen MR) is 68.6 cm³/mol. The first kappa shape index (κ1) is 11.6. The summed E-state index contributed by atoms with van der Waals surface area (Å²) in [5, 5.41) is 10.6. The monoisotopic (exact) mass is 272 g/mol. The van der Waals surface area contributed by atoms with Gasteiger partial charge in [-0.05, 0) is 11.6 Å². The Labute approximate surface area is 108 Å². The summed E-state index contributed by atoms with van der Waals surface area (Å²) < 4.78 is 0. The molecule has 0 spiro atoms. The highest BCUT2D eigenvalue weighted by molar-refractivity contribution is 6.45. The smallest absolute Gasteiger partial charge is 0.145 e. The summed E-state index contributed by atoms with van der Waals surface area (Å²) in [6, 6.07) is 10.8. The molecule has 0 bridgehead atoms. The number of phenolic OH excluding ortho intramolecular Hbond substituents is 1. The third-order valence-electron chi connectivity index (χ3n) is 2.21. The number of phenols is 1. The summed E-state index contributed by atoms with van der Waals surface area (Å²) in [5.74, 6) is -0.0923. The summed E-state index contributed by atoms with van der Waals surface area (Å²) in [6.07, 6.45) is 0. The van der Waals surface area contributed by atoms with E-state index in [4.69, 9.17) is 34.8 Å². The molecule has 0 radical (unpaired) electrons. The molecule has 0 aliphatic carbocycles. The molecule has 0 aliphatic rings. The van der Waals surface area contributed by atoms with Gasteiger partial charge >= 0.3 is 0 Å². The van der Waals surface area contributed by atoms with Gasteiger partial charge in [-0.3, -0.25) is 0 Å². The summed E-state index contributed by atoms with van der Waals surface area (Å²) in [6.45, 7) is 0. The molecule has 0 aliphatic heterocycles. The van der Waals surface area contributed by atoms with E-state index in [1.165, 1.54) is 6.07 Å². The summed E-state index contributed by atoms with van der Waals surface area (Å²) in [7, 11) is 0. The predicted octanol–water partition coefficient (Wildman–Crippen LogP) is 5.02. The van der Waals surface area contributed by atoms with Gasteiger partial charge in [-0.1, -0.05) is 65.1 Å². The van der Waals surface area contributed by atoms with Crippen molar-refractivity contribution in [1.29, 1.82) is 0 Å². The Morgan fingerprint density at radius 2 is 1.50 bits per heavy atom. The zero-order valence-electron chi connectivity index (χ0n) is 8.05. The molecule has 0 unspecified atom stereocenters. The Kier molecular flexibility index (Phi) is 3.29. The SMILES string of the molecule is Oc1c(Cl)c(Cl)cc(Cl)c1-c1ccccc1. The number of benzene rings is 2. The zero-order valence-corrected chi connectivity index (χ0v) is 10.3. The fourth-order valence-corrected chi connectivity index (χ4v) is 2.17. The van der Waals surface area contributed by atoms with Crippen LogP contribution in [0.2, 0.25) is 15.1 Å². The molecule has 0 atom stereocenters. The van der Waals surface area contributed by atoms with Gasteiger partial charge in [0.2, 0.25) is 0 Å². The van der Waals surface area contributed by atoms with Crippen LogP contribution in [0.5, 0.6) is 5.75 Å². The second-order valence-electron chi connectivity index (χ2n) is 3.24. The molecule has 0 saturated carbocycles. The van der Waals surface area contributed by atoms with E-state index < -0.39 is 0 Å². The molecule has 0 aromatic heterocycles. The van der Waals surface area contributed by atoms with Gasteiger partial charge < -0.3 is 5.11 Å². The quantitative estimate of drug-likeness (QED) is 0.723. The highest BCUT2D eigenvalue weighted by Crippen LogP contribution is 2.44. The van der Waals surface area contributed by atoms with Crippen LogP contribution in [0.25, 0.3) is 11.1 Å². The zero-order chi connectivity index (χ0) is 11.7. The molecule has 4 heteroatoms. The topological polar surface area (TPSA) is 20.2 Å². The fraction of sp³-hybridized carbons (Fsp3) is 0. The standard InChI is InChI=1S/C12H7Cl3O/c13-8-6-9(14)11(15)12(16)10(8)7-4-2-1-3-5-7/h1-6,16H. The second-order valence-corrected chi connectivity index (χ2v) is 4.44. The average Bonchev–Trinajstić information content (AvgIpc) is 2.28. The summed E-state index contributed by atoms with van der Waals surface area (Å²) in [5.41, 5.74) is 1.29. The number of hydrogen-bond acceptors (Lipinski definition) is 1. The maximum atomic E-state index is 9.91. The summed E-state index contributed by atoms with van der Waals surface area (Å²) in [4.78, 5) is 0. The fourth-order valence-electron chi connectivity index (χ4n) is 1.46. The Morgan fingerprint density at radius 3 is 2.12 bits per heavy atom. The molecule has 0 amide bonds. The lowest BCUT2D eigenvalue weighted by Gasteiger charge is -2.10. The highest BCUT2D eigenvalue weighted by Gasteiger charge is 2.15. The minimum absolute atomic E-state index is 0.0923. The molecule has 0 fully saturated rings. The van der Waals surface area contributed by atoms with Crippen LogP contribution < -0.4 is 0 Å². The molecule has 1 nitrogen and oxygen atoms in total. The van der Waals surface area contributed by atoms with Crippen LogP contribution in [0.4, 0.5) is 0 Å². The van der Waals surface area contributed by atoms with E-state index in [2.05, 4.69) is 0 Å². The Morgan fingerprint density at radius 1 is 0.875 bits per heavy atom. The number of rotatable bonds is 1. The van der Waals surface area contributed by atoms with Crippen LogP contribution in [-0.4, -0.2) is 5.11 Å². The minimum atomic E-state index is -0.0923. The van der Waals surface area contributed by atoms with E-state index in [0.717, 1.165) is 5.56 Å². The van der Waals surface area contributed by atoms with Crippen LogP contribution in [0.1, 0.15) is 0 Å². The van der Waals surface area contributed by atoms with Crippen molar-refractivity contribution in [2.45, 2.75) is 0 Å². The van der Waals surface area contributed by atoms with Crippen LogP contribution in [-0.2, 0) is 0 Å². The van der Waals surface area contributed by atoms with E-state index in [1.54, 1.807) is 0 Å². The number of hydrogen-bond donors (Lipinski definition) is 1. The largest absolute Gasteiger partial charge is 0.506 e. The van der Waals surface area contributed by atoms with Gasteiger partial charge in [-0.25, -0.2) is 0 Å². The van der Waals surface area contributed by atoms with Gasteiger partial charge in [0.15, 0.2) is 0 Å². The molecule has 0 saturated heterocycles. The van der Waals surface area contributed by atoms with Crippen molar-refractivity contribution in [3.63, 3.8) is 0 Å². The third-order valence-corrected chi connectivity index (χ3v) is 3.28.